The van der Waals surface area contributed by atoms with Gasteiger partial charge >= 0.3 is 5.97 Å². The molecule has 1 spiro atoms. The molecule has 8 nitrogen and oxygen atoms in total. The minimum Gasteiger partial charge on any atom is -0.461 e. The normalized spacial score (nSPS) is 33.2. The number of hydrogen-bond acceptors (Lipinski definition) is 6. The predicted molar refractivity (Wildman–Crippen MR) is 131 cm³/mol. The van der Waals surface area contributed by atoms with Crippen LogP contribution in [0.15, 0.2) is 54.6 Å². The Balaban J connectivity index is 1.56. The van der Waals surface area contributed by atoms with Gasteiger partial charge in [-0.2, -0.15) is 0 Å². The summed E-state index contributed by atoms with van der Waals surface area (Å²) < 4.78 is 12.3. The average Bonchev–Trinajstić information content (AvgIpc) is 3.16. The van der Waals surface area contributed by atoms with Gasteiger partial charge in [-0.3, -0.25) is 14.4 Å². The van der Waals surface area contributed by atoms with Crippen LogP contribution >= 0.6 is 0 Å². The predicted octanol–water partition coefficient (Wildman–Crippen LogP) is 2.22. The second-order valence-corrected chi connectivity index (χ2v) is 10.1. The quantitative estimate of drug-likeness (QED) is 0.338. The Morgan fingerprint density at radius 2 is 1.81 bits per heavy atom. The minimum absolute atomic E-state index is 0.0822. The van der Waals surface area contributed by atoms with E-state index in [1.165, 1.54) is 0 Å². The molecule has 0 saturated carbocycles. The molecular weight excluding hydrogens is 460 g/mol. The molecule has 1 N–H and O–H groups in total. The Labute approximate surface area is 211 Å². The van der Waals surface area contributed by atoms with E-state index in [1.807, 2.05) is 55.5 Å². The van der Waals surface area contributed by atoms with Gasteiger partial charge < -0.3 is 24.4 Å². The van der Waals surface area contributed by atoms with Gasteiger partial charge in [0.05, 0.1) is 5.92 Å². The summed E-state index contributed by atoms with van der Waals surface area (Å²) in [5.41, 5.74) is -1.26. The Bertz CT molecular complexity index is 1070. The van der Waals surface area contributed by atoms with Gasteiger partial charge in [0, 0.05) is 26.2 Å². The van der Waals surface area contributed by atoms with Crippen molar-refractivity contribution in [2.75, 3.05) is 26.3 Å². The van der Waals surface area contributed by atoms with E-state index in [1.54, 1.807) is 15.9 Å². The number of hydrogen-bond donors (Lipinski definition) is 1. The average molecular weight is 495 g/mol. The summed E-state index contributed by atoms with van der Waals surface area (Å²) in [7, 11) is 0. The Morgan fingerprint density at radius 1 is 1.00 bits per heavy atom. The van der Waals surface area contributed by atoms with E-state index < -0.39 is 35.0 Å². The van der Waals surface area contributed by atoms with Crippen molar-refractivity contribution in [2.45, 2.75) is 56.4 Å². The molecule has 2 amide bonds. The highest BCUT2D eigenvalue weighted by atomic mass is 16.6. The second kappa shape index (κ2) is 9.82. The molecule has 192 valence electrons. The fourth-order valence-corrected chi connectivity index (χ4v) is 6.40. The molecule has 36 heavy (non-hydrogen) atoms. The number of carbonyl (C=O) groups is 3. The van der Waals surface area contributed by atoms with Crippen molar-refractivity contribution in [2.24, 2.45) is 11.8 Å². The zero-order valence-corrected chi connectivity index (χ0v) is 20.7. The molecule has 1 aromatic carbocycles. The highest BCUT2D eigenvalue weighted by Crippen LogP contribution is 2.58. The molecule has 5 atom stereocenters. The third-order valence-corrected chi connectivity index (χ3v) is 8.05. The molecule has 0 aliphatic carbocycles. The number of carbonyl (C=O) groups excluding carboxylic acids is 3. The van der Waals surface area contributed by atoms with Crippen molar-refractivity contribution in [1.29, 1.82) is 0 Å². The molecule has 0 bridgehead atoms. The highest BCUT2D eigenvalue weighted by Gasteiger charge is 2.75. The van der Waals surface area contributed by atoms with E-state index in [0.29, 0.717) is 38.9 Å². The number of benzene rings is 1. The highest BCUT2D eigenvalue weighted by molar-refractivity contribution is 5.99. The maximum absolute atomic E-state index is 14.2. The molecule has 1 unspecified atom stereocenters. The summed E-state index contributed by atoms with van der Waals surface area (Å²) in [4.78, 5) is 44.9. The third-order valence-electron chi connectivity index (χ3n) is 8.05. The lowest BCUT2D eigenvalue weighted by molar-refractivity contribution is -0.159. The molecule has 4 aliphatic heterocycles. The molecule has 4 aliphatic rings. The largest absolute Gasteiger partial charge is 0.461 e. The van der Waals surface area contributed by atoms with Gasteiger partial charge in [0.2, 0.25) is 11.8 Å². The lowest BCUT2D eigenvalue weighted by Gasteiger charge is -2.38. The first kappa shape index (κ1) is 24.7. The molecule has 2 saturated heterocycles. The van der Waals surface area contributed by atoms with Crippen LogP contribution in [-0.4, -0.2) is 76.2 Å². The lowest BCUT2D eigenvalue weighted by Crippen LogP contribution is -2.56. The first-order valence-corrected chi connectivity index (χ1v) is 12.9. The van der Waals surface area contributed by atoms with Gasteiger partial charge in [-0.1, -0.05) is 55.5 Å². The molecule has 5 rings (SSSR count). The number of esters is 1. The van der Waals surface area contributed by atoms with Crippen molar-refractivity contribution in [3.8, 4) is 0 Å². The van der Waals surface area contributed by atoms with E-state index in [0.717, 1.165) is 12.0 Å². The van der Waals surface area contributed by atoms with Gasteiger partial charge in [0.15, 0.2) is 0 Å². The maximum atomic E-state index is 14.2. The molecule has 0 radical (unpaired) electrons. The van der Waals surface area contributed by atoms with Crippen LogP contribution in [0.4, 0.5) is 0 Å². The topological polar surface area (TPSA) is 96.4 Å². The lowest BCUT2D eigenvalue weighted by atomic mass is 9.73. The Morgan fingerprint density at radius 3 is 2.56 bits per heavy atom. The van der Waals surface area contributed by atoms with Gasteiger partial charge in [-0.05, 0) is 37.3 Å². The number of amides is 2. The molecule has 8 heteroatoms. The van der Waals surface area contributed by atoms with E-state index in [4.69, 9.17) is 9.47 Å². The van der Waals surface area contributed by atoms with Crippen LogP contribution in [0, 0.1) is 11.8 Å². The number of aliphatic hydroxyl groups is 1. The fourth-order valence-electron chi connectivity index (χ4n) is 6.40. The van der Waals surface area contributed by atoms with Crippen molar-refractivity contribution in [1.82, 2.24) is 9.80 Å². The van der Waals surface area contributed by atoms with Gasteiger partial charge in [-0.15, -0.1) is 0 Å². The summed E-state index contributed by atoms with van der Waals surface area (Å²) in [6.07, 6.45) is 9.89. The fraction of sp³-hybridized carbons (Fsp3) is 0.536. The van der Waals surface area contributed by atoms with Crippen LogP contribution in [0.2, 0.25) is 0 Å². The molecule has 1 aromatic rings. The van der Waals surface area contributed by atoms with Crippen LogP contribution < -0.4 is 0 Å². The number of nitrogens with zero attached hydrogens (tertiary/aromatic N) is 2. The Hall–Kier alpha value is -2.97. The van der Waals surface area contributed by atoms with E-state index in [-0.39, 0.29) is 25.0 Å². The number of ether oxygens (including phenoxy) is 2. The van der Waals surface area contributed by atoms with Crippen molar-refractivity contribution in [3.05, 3.63) is 60.2 Å². The standard InChI is InChI=1S/C28H34N2O6/c1-2-27-13-10-18-35-26(34)22(27)21-24(32)30(16-7-4-8-17-31)23-25(33)29(15-9-14-28(21,23)36-27)19-20-11-5-3-6-12-20/h3,5-6,9-14,21-23,31H,2,4,7-8,15-19H2,1H3/t21-,22+,23?,27-,28-/m0/s1. The Kier molecular flexibility index (Phi) is 6.74. The number of likely N-dealkylation sites (tertiary alicyclic amines) is 1. The number of fused-ring (bicyclic) bond motifs is 2. The van der Waals surface area contributed by atoms with Gasteiger partial charge in [0.25, 0.3) is 0 Å². The summed E-state index contributed by atoms with van der Waals surface area (Å²) in [5.74, 6) is -2.54. The third kappa shape index (κ3) is 3.87. The van der Waals surface area contributed by atoms with Gasteiger partial charge in [0.1, 0.15) is 29.8 Å². The van der Waals surface area contributed by atoms with Crippen molar-refractivity contribution < 1.29 is 29.0 Å². The molecule has 0 aromatic heterocycles. The summed E-state index contributed by atoms with van der Waals surface area (Å²) >= 11 is 0. The smallest absolute Gasteiger partial charge is 0.313 e. The monoisotopic (exact) mass is 494 g/mol. The zero-order chi connectivity index (χ0) is 25.3. The number of unbranched alkanes of at least 4 members (excludes halogenated alkanes) is 2. The number of rotatable bonds is 8. The van der Waals surface area contributed by atoms with Crippen LogP contribution in [-0.2, 0) is 30.4 Å². The molecule has 2 fully saturated rings. The van der Waals surface area contributed by atoms with Crippen molar-refractivity contribution >= 4 is 17.8 Å². The number of cyclic esters (lactones) is 1. The van der Waals surface area contributed by atoms with E-state index in [2.05, 4.69) is 0 Å². The van der Waals surface area contributed by atoms with E-state index in [9.17, 15) is 19.5 Å². The van der Waals surface area contributed by atoms with Gasteiger partial charge in [-0.25, -0.2) is 0 Å². The molecular formula is C28H34N2O6. The van der Waals surface area contributed by atoms with Crippen LogP contribution in [0.3, 0.4) is 0 Å². The summed E-state index contributed by atoms with van der Waals surface area (Å²) in [6.45, 7) is 3.32. The van der Waals surface area contributed by atoms with Crippen LogP contribution in [0.25, 0.3) is 0 Å². The van der Waals surface area contributed by atoms with E-state index >= 15 is 0 Å². The minimum atomic E-state index is -1.25. The van der Waals surface area contributed by atoms with Crippen LogP contribution in [0.1, 0.15) is 38.2 Å². The summed E-state index contributed by atoms with van der Waals surface area (Å²) in [6, 6.07) is 8.89. The summed E-state index contributed by atoms with van der Waals surface area (Å²) in [5, 5.41) is 9.19. The maximum Gasteiger partial charge on any atom is 0.313 e. The van der Waals surface area contributed by atoms with Crippen LogP contribution in [0.5, 0.6) is 0 Å². The first-order valence-electron chi connectivity index (χ1n) is 12.9. The molecule has 4 heterocycles. The first-order chi connectivity index (χ1) is 17.5. The zero-order valence-electron chi connectivity index (χ0n) is 20.7. The second-order valence-electron chi connectivity index (χ2n) is 10.1. The van der Waals surface area contributed by atoms with Crippen molar-refractivity contribution in [3.63, 3.8) is 0 Å². The SMILES string of the molecule is CC[C@]12C=CCOC(=O)[C@H]1[C@H]1C(=O)N(CCCCCO)C3C(=O)N(Cc4ccccc4)CC=C[C@@]31O2. The number of aliphatic hydroxyl groups excluding tert-OH is 1.